The van der Waals surface area contributed by atoms with E-state index in [9.17, 15) is 9.59 Å². The van der Waals surface area contributed by atoms with Gasteiger partial charge in [0.25, 0.3) is 12.4 Å². The Morgan fingerprint density at radius 1 is 1.50 bits per heavy atom. The summed E-state index contributed by atoms with van der Waals surface area (Å²) in [5.41, 5.74) is 5.33. The third kappa shape index (κ3) is 7.21. The first-order chi connectivity index (χ1) is 10.3. The molecule has 1 amide bonds. The summed E-state index contributed by atoms with van der Waals surface area (Å²) in [4.78, 5) is 20.5. The predicted octanol–water partition coefficient (Wildman–Crippen LogP) is 0.940. The Bertz CT molecular complexity index is 473. The lowest BCUT2D eigenvalue weighted by atomic mass is 9.98. The molecule has 0 spiro atoms. The Morgan fingerprint density at radius 2 is 2.14 bits per heavy atom. The van der Waals surface area contributed by atoms with Crippen LogP contribution in [0.1, 0.15) is 44.0 Å². The van der Waals surface area contributed by atoms with Crippen LogP contribution < -0.4 is 11.1 Å². The normalized spacial score (nSPS) is 15.6. The predicted molar refractivity (Wildman–Crippen MR) is 83.2 cm³/mol. The van der Waals surface area contributed by atoms with Gasteiger partial charge < -0.3 is 15.8 Å². The number of carbonyl (C=O) groups excluding carboxylic acids is 2. The van der Waals surface area contributed by atoms with Gasteiger partial charge in [-0.15, -0.1) is 0 Å². The van der Waals surface area contributed by atoms with Crippen molar-refractivity contribution < 1.29 is 14.3 Å². The minimum absolute atomic E-state index is 0.318. The summed E-state index contributed by atoms with van der Waals surface area (Å²) in [6.45, 7) is 8.96. The monoisotopic (exact) mass is 310 g/mol. The Balaban J connectivity index is 0.000000295. The number of hydrogen-bond acceptors (Lipinski definition) is 5. The summed E-state index contributed by atoms with van der Waals surface area (Å²) < 4.78 is 6.36. The van der Waals surface area contributed by atoms with Crippen LogP contribution in [-0.2, 0) is 16.1 Å². The van der Waals surface area contributed by atoms with Crippen molar-refractivity contribution in [3.05, 3.63) is 18.0 Å². The smallest absolute Gasteiger partial charge is 0.293 e. The maximum atomic E-state index is 10.9. The minimum Gasteiger partial charge on any atom is -0.462 e. The van der Waals surface area contributed by atoms with E-state index in [1.807, 2.05) is 25.5 Å². The van der Waals surface area contributed by atoms with E-state index < -0.39 is 5.91 Å². The first-order valence-corrected chi connectivity index (χ1v) is 7.46. The van der Waals surface area contributed by atoms with E-state index in [1.54, 1.807) is 6.20 Å². The molecule has 7 nitrogen and oxygen atoms in total. The van der Waals surface area contributed by atoms with E-state index in [-0.39, 0.29) is 5.60 Å². The lowest BCUT2D eigenvalue weighted by Crippen LogP contribution is -2.30. The summed E-state index contributed by atoms with van der Waals surface area (Å²) in [5.74, 6) is 0.249. The molecule has 1 saturated heterocycles. The van der Waals surface area contributed by atoms with Crippen LogP contribution in [0.4, 0.5) is 0 Å². The van der Waals surface area contributed by atoms with Gasteiger partial charge in [0, 0.05) is 12.7 Å². The van der Waals surface area contributed by atoms with Crippen LogP contribution in [0.5, 0.6) is 0 Å². The molecule has 124 valence electrons. The van der Waals surface area contributed by atoms with Crippen molar-refractivity contribution in [3.8, 4) is 0 Å². The second-order valence-electron chi connectivity index (χ2n) is 6.34. The fourth-order valence-corrected chi connectivity index (χ4v) is 2.06. The fourth-order valence-electron chi connectivity index (χ4n) is 2.06. The average Bonchev–Trinajstić information content (AvgIpc) is 2.88. The van der Waals surface area contributed by atoms with Crippen molar-refractivity contribution in [2.75, 3.05) is 13.1 Å². The number of aromatic nitrogens is 2. The number of ether oxygens (including phenoxy) is 1. The highest BCUT2D eigenvalue weighted by Gasteiger charge is 2.14. The summed E-state index contributed by atoms with van der Waals surface area (Å²) in [7, 11) is 0. The molecule has 22 heavy (non-hydrogen) atoms. The van der Waals surface area contributed by atoms with Crippen molar-refractivity contribution in [3.63, 3.8) is 0 Å². The molecule has 1 aromatic rings. The first-order valence-electron chi connectivity index (χ1n) is 7.46. The molecule has 1 aliphatic rings. The molecule has 7 heteroatoms. The number of piperidine rings is 1. The van der Waals surface area contributed by atoms with Gasteiger partial charge in [0.1, 0.15) is 5.60 Å². The molecule has 2 heterocycles. The molecule has 0 radical (unpaired) electrons. The molecule has 1 fully saturated rings. The number of amides is 1. The maximum Gasteiger partial charge on any atom is 0.293 e. The topological polar surface area (TPSA) is 99.2 Å². The first kappa shape index (κ1) is 18.2. The molecule has 0 saturated carbocycles. The average molecular weight is 310 g/mol. The molecular weight excluding hydrogens is 284 g/mol. The van der Waals surface area contributed by atoms with Gasteiger partial charge in [0.15, 0.2) is 0 Å². The zero-order valence-corrected chi connectivity index (χ0v) is 13.5. The maximum absolute atomic E-state index is 10.9. The van der Waals surface area contributed by atoms with E-state index in [1.165, 1.54) is 19.0 Å². The molecule has 0 aromatic carbocycles. The lowest BCUT2D eigenvalue weighted by molar-refractivity contribution is -0.138. The number of primary amides is 1. The van der Waals surface area contributed by atoms with Crippen LogP contribution in [-0.4, -0.2) is 40.9 Å². The highest BCUT2D eigenvalue weighted by molar-refractivity contribution is 5.92. The third-order valence-corrected chi connectivity index (χ3v) is 3.22. The molecule has 0 atom stereocenters. The van der Waals surface area contributed by atoms with Gasteiger partial charge in [-0.2, -0.15) is 5.10 Å². The van der Waals surface area contributed by atoms with Crippen molar-refractivity contribution >= 4 is 12.4 Å². The number of nitrogens with zero attached hydrogens (tertiary/aromatic N) is 2. The zero-order chi connectivity index (χ0) is 16.6. The number of nitrogens with two attached hydrogens (primary N) is 1. The van der Waals surface area contributed by atoms with Gasteiger partial charge in [-0.3, -0.25) is 14.3 Å². The van der Waals surface area contributed by atoms with Crippen LogP contribution >= 0.6 is 0 Å². The molecule has 0 bridgehead atoms. The minimum atomic E-state index is -0.411. The van der Waals surface area contributed by atoms with E-state index in [4.69, 9.17) is 5.73 Å². The molecule has 1 aromatic heterocycles. The highest BCUT2D eigenvalue weighted by Crippen LogP contribution is 2.13. The van der Waals surface area contributed by atoms with Gasteiger partial charge in [0.05, 0.1) is 11.8 Å². The van der Waals surface area contributed by atoms with Gasteiger partial charge in [0.2, 0.25) is 0 Å². The Hall–Kier alpha value is -1.89. The number of nitrogens with one attached hydrogen (secondary N) is 1. The van der Waals surface area contributed by atoms with Crippen LogP contribution in [0.3, 0.4) is 0 Å². The highest BCUT2D eigenvalue weighted by atomic mass is 16.5. The van der Waals surface area contributed by atoms with Crippen molar-refractivity contribution in [1.82, 2.24) is 15.1 Å². The second-order valence-corrected chi connectivity index (χ2v) is 6.34. The van der Waals surface area contributed by atoms with Crippen LogP contribution in [0.15, 0.2) is 12.4 Å². The molecule has 1 aliphatic heterocycles. The van der Waals surface area contributed by atoms with Crippen LogP contribution in [0, 0.1) is 5.92 Å². The summed E-state index contributed by atoms with van der Waals surface area (Å²) in [6.07, 6.45) is 5.60. The largest absolute Gasteiger partial charge is 0.462 e. The second kappa shape index (κ2) is 8.53. The molecular formula is C15H26N4O3. The van der Waals surface area contributed by atoms with Gasteiger partial charge in [-0.1, -0.05) is 0 Å². The van der Waals surface area contributed by atoms with Crippen molar-refractivity contribution in [2.45, 2.75) is 45.8 Å². The summed E-state index contributed by atoms with van der Waals surface area (Å²) >= 11 is 0. The summed E-state index contributed by atoms with van der Waals surface area (Å²) in [6, 6.07) is 0. The van der Waals surface area contributed by atoms with Crippen molar-refractivity contribution in [1.29, 1.82) is 0 Å². The van der Waals surface area contributed by atoms with E-state index in [0.29, 0.717) is 18.0 Å². The number of hydrogen-bond donors (Lipinski definition) is 2. The number of rotatable bonds is 4. The fraction of sp³-hybridized carbons (Fsp3) is 0.667. The summed E-state index contributed by atoms with van der Waals surface area (Å²) in [5, 5.41) is 7.45. The van der Waals surface area contributed by atoms with E-state index in [2.05, 4.69) is 15.2 Å². The third-order valence-electron chi connectivity index (χ3n) is 3.22. The molecule has 0 unspecified atom stereocenters. The number of carbonyl (C=O) groups is 2. The van der Waals surface area contributed by atoms with E-state index >= 15 is 0 Å². The van der Waals surface area contributed by atoms with Gasteiger partial charge in [-0.25, -0.2) is 0 Å². The Kier molecular flexibility index (Phi) is 7.04. The SMILES string of the molecule is CC(C)(C)OC=O.NC(=O)c1cnn(CC2CCNCC2)c1. The van der Waals surface area contributed by atoms with Gasteiger partial charge >= 0.3 is 0 Å². The quantitative estimate of drug-likeness (QED) is 0.806. The standard InChI is InChI=1S/C10H16N4O.C5H10O2/c11-10(15)9-5-13-14(7-9)6-8-1-3-12-4-2-8;1-5(2,3)7-4-6/h5,7-8,12H,1-4,6H2,(H2,11,15);4H,1-3H3. The molecule has 3 N–H and O–H groups in total. The molecule has 0 aliphatic carbocycles. The molecule has 2 rings (SSSR count). The Morgan fingerprint density at radius 3 is 2.55 bits per heavy atom. The Labute approximate surface area is 131 Å². The zero-order valence-electron chi connectivity index (χ0n) is 13.5. The van der Waals surface area contributed by atoms with Crippen molar-refractivity contribution in [2.24, 2.45) is 11.7 Å². The van der Waals surface area contributed by atoms with Crippen LogP contribution in [0.2, 0.25) is 0 Å². The van der Waals surface area contributed by atoms with Crippen LogP contribution in [0.25, 0.3) is 0 Å². The van der Waals surface area contributed by atoms with Gasteiger partial charge in [-0.05, 0) is 52.6 Å². The van der Waals surface area contributed by atoms with E-state index in [0.717, 1.165) is 19.6 Å². The lowest BCUT2D eigenvalue weighted by Gasteiger charge is -2.22.